The molecule has 9 nitrogen and oxygen atoms in total. The summed E-state index contributed by atoms with van der Waals surface area (Å²) >= 11 is 0. The largest absolute Gasteiger partial charge is 0.494 e. The van der Waals surface area contributed by atoms with Gasteiger partial charge in [0.15, 0.2) is 0 Å². The van der Waals surface area contributed by atoms with Crippen molar-refractivity contribution in [2.45, 2.75) is 18.4 Å². The van der Waals surface area contributed by atoms with Crippen LogP contribution in [0.25, 0.3) is 10.9 Å². The van der Waals surface area contributed by atoms with Crippen molar-refractivity contribution in [3.63, 3.8) is 0 Å². The van der Waals surface area contributed by atoms with Crippen LogP contribution in [0, 0.1) is 0 Å². The third kappa shape index (κ3) is 4.92. The minimum absolute atomic E-state index is 0.0553. The van der Waals surface area contributed by atoms with Gasteiger partial charge >= 0.3 is 0 Å². The van der Waals surface area contributed by atoms with Gasteiger partial charge in [-0.2, -0.15) is 4.31 Å². The number of carbonyl (C=O) groups excluding carboxylic acids is 1. The molecule has 33 heavy (non-hydrogen) atoms. The number of carbonyl (C=O) groups is 1. The number of sulfonamides is 1. The van der Waals surface area contributed by atoms with E-state index in [1.165, 1.54) is 28.6 Å². The van der Waals surface area contributed by atoms with Crippen LogP contribution in [0.5, 0.6) is 5.75 Å². The summed E-state index contributed by atoms with van der Waals surface area (Å²) in [6.07, 6.45) is 0. The number of rotatable bonds is 7. The Bertz CT molecular complexity index is 1330. The number of hydrogen-bond donors (Lipinski definition) is 2. The summed E-state index contributed by atoms with van der Waals surface area (Å²) in [4.78, 5) is 27.9. The number of ether oxygens (including phenoxy) is 2. The minimum Gasteiger partial charge on any atom is -0.494 e. The van der Waals surface area contributed by atoms with Crippen LogP contribution in [0.2, 0.25) is 0 Å². The number of aromatic nitrogens is 1. The molecule has 1 aromatic heterocycles. The van der Waals surface area contributed by atoms with Crippen LogP contribution in [0.3, 0.4) is 0 Å². The van der Waals surface area contributed by atoms with E-state index in [-0.39, 0.29) is 30.1 Å². The maximum atomic E-state index is 13.1. The Labute approximate surface area is 191 Å². The Hall–Kier alpha value is -3.21. The highest BCUT2D eigenvalue weighted by Crippen LogP contribution is 2.24. The number of fused-ring (bicyclic) bond motifs is 1. The highest BCUT2D eigenvalue weighted by atomic mass is 32.2. The third-order valence-corrected chi connectivity index (χ3v) is 7.27. The first kappa shape index (κ1) is 23.0. The molecule has 1 amide bonds. The quantitative estimate of drug-likeness (QED) is 0.543. The van der Waals surface area contributed by atoms with Crippen LogP contribution in [-0.2, 0) is 21.3 Å². The molecule has 0 unspecified atom stereocenters. The smallest absolute Gasteiger partial charge is 0.252 e. The molecule has 0 radical (unpaired) electrons. The Morgan fingerprint density at radius 2 is 1.91 bits per heavy atom. The Kier molecular flexibility index (Phi) is 6.77. The van der Waals surface area contributed by atoms with Gasteiger partial charge in [-0.1, -0.05) is 18.2 Å². The highest BCUT2D eigenvalue weighted by Gasteiger charge is 2.27. The molecule has 1 aliphatic heterocycles. The molecule has 3 aromatic rings. The lowest BCUT2D eigenvalue weighted by Crippen LogP contribution is -2.40. The number of para-hydroxylation sites is 1. The summed E-state index contributed by atoms with van der Waals surface area (Å²) < 4.78 is 38.3. The number of benzene rings is 2. The van der Waals surface area contributed by atoms with Crippen molar-refractivity contribution in [2.24, 2.45) is 0 Å². The van der Waals surface area contributed by atoms with Gasteiger partial charge in [-0.25, -0.2) is 8.42 Å². The zero-order valence-corrected chi connectivity index (χ0v) is 19.0. The van der Waals surface area contributed by atoms with Gasteiger partial charge in [0.25, 0.3) is 5.91 Å². The topological polar surface area (TPSA) is 118 Å². The van der Waals surface area contributed by atoms with Gasteiger partial charge in [-0.15, -0.1) is 0 Å². The van der Waals surface area contributed by atoms with Crippen molar-refractivity contribution < 1.29 is 22.7 Å². The lowest BCUT2D eigenvalue weighted by atomic mass is 10.1. The fraction of sp³-hybridized carbons (Fsp3) is 0.304. The molecule has 0 atom stereocenters. The molecule has 1 fully saturated rings. The molecular formula is C23H25N3O6S. The predicted octanol–water partition coefficient (Wildman–Crippen LogP) is 1.88. The fourth-order valence-electron chi connectivity index (χ4n) is 3.73. The second-order valence-electron chi connectivity index (χ2n) is 7.49. The number of nitrogens with one attached hydrogen (secondary N) is 2. The molecule has 1 aliphatic rings. The van der Waals surface area contributed by atoms with E-state index in [0.29, 0.717) is 36.5 Å². The molecule has 0 bridgehead atoms. The summed E-state index contributed by atoms with van der Waals surface area (Å²) in [6.45, 7) is 3.74. The van der Waals surface area contributed by atoms with E-state index in [2.05, 4.69) is 10.3 Å². The first-order valence-corrected chi connectivity index (χ1v) is 12.1. The number of H-pyrrole nitrogens is 1. The SMILES string of the molecule is CCOc1ccccc1CNC(=O)c1cc(=O)[nH]c2ccc(S(=O)(=O)N3CCOCC3)cc12. The second kappa shape index (κ2) is 9.74. The molecular weight excluding hydrogens is 446 g/mol. The van der Waals surface area contributed by atoms with Crippen LogP contribution < -0.4 is 15.6 Å². The van der Waals surface area contributed by atoms with E-state index in [1.807, 2.05) is 31.2 Å². The third-order valence-electron chi connectivity index (χ3n) is 5.38. The molecule has 0 saturated carbocycles. The molecule has 174 valence electrons. The monoisotopic (exact) mass is 471 g/mol. The van der Waals surface area contributed by atoms with E-state index in [0.717, 1.165) is 5.56 Å². The van der Waals surface area contributed by atoms with Crippen molar-refractivity contribution in [3.8, 4) is 5.75 Å². The van der Waals surface area contributed by atoms with Gasteiger partial charge in [-0.05, 0) is 31.2 Å². The normalized spacial score (nSPS) is 14.8. The van der Waals surface area contributed by atoms with Crippen molar-refractivity contribution in [3.05, 3.63) is 70.0 Å². The van der Waals surface area contributed by atoms with Crippen molar-refractivity contribution in [1.82, 2.24) is 14.6 Å². The molecule has 2 aromatic carbocycles. The Morgan fingerprint density at radius 1 is 1.15 bits per heavy atom. The van der Waals surface area contributed by atoms with Gasteiger partial charge in [0.05, 0.1) is 30.3 Å². The zero-order valence-electron chi connectivity index (χ0n) is 18.2. The lowest BCUT2D eigenvalue weighted by Gasteiger charge is -2.26. The summed E-state index contributed by atoms with van der Waals surface area (Å²) in [5.41, 5.74) is 0.813. The Morgan fingerprint density at radius 3 is 2.67 bits per heavy atom. The first-order chi connectivity index (χ1) is 15.9. The van der Waals surface area contributed by atoms with E-state index >= 15 is 0 Å². The standard InChI is InChI=1S/C23H25N3O6S/c1-2-32-21-6-4-3-5-16(21)15-24-23(28)19-14-22(27)25-20-8-7-17(13-18(19)20)33(29,30)26-9-11-31-12-10-26/h3-8,13-14H,2,9-12,15H2,1H3,(H,24,28)(H,25,27). The summed E-state index contributed by atoms with van der Waals surface area (Å²) in [5, 5.41) is 3.15. The van der Waals surface area contributed by atoms with E-state index in [9.17, 15) is 18.0 Å². The summed E-state index contributed by atoms with van der Waals surface area (Å²) in [5.74, 6) is 0.174. The number of pyridine rings is 1. The van der Waals surface area contributed by atoms with Crippen molar-refractivity contribution >= 4 is 26.8 Å². The summed E-state index contributed by atoms with van der Waals surface area (Å²) in [6, 6.07) is 12.9. The molecule has 10 heteroatoms. The minimum atomic E-state index is -3.76. The van der Waals surface area contributed by atoms with Gasteiger partial charge in [0.1, 0.15) is 5.75 Å². The average molecular weight is 472 g/mol. The fourth-order valence-corrected chi connectivity index (χ4v) is 5.17. The van der Waals surface area contributed by atoms with Crippen LogP contribution in [0.1, 0.15) is 22.8 Å². The molecule has 2 N–H and O–H groups in total. The number of amides is 1. The molecule has 0 aliphatic carbocycles. The number of aromatic amines is 1. The van der Waals surface area contributed by atoms with Crippen LogP contribution >= 0.6 is 0 Å². The van der Waals surface area contributed by atoms with Crippen molar-refractivity contribution in [2.75, 3.05) is 32.9 Å². The van der Waals surface area contributed by atoms with Crippen molar-refractivity contribution in [1.29, 1.82) is 0 Å². The number of morpholine rings is 1. The average Bonchev–Trinajstić information content (AvgIpc) is 2.83. The van der Waals surface area contributed by atoms with E-state index in [1.54, 1.807) is 0 Å². The maximum absolute atomic E-state index is 13.1. The highest BCUT2D eigenvalue weighted by molar-refractivity contribution is 7.89. The molecule has 0 spiro atoms. The predicted molar refractivity (Wildman–Crippen MR) is 123 cm³/mol. The molecule has 2 heterocycles. The van der Waals surface area contributed by atoms with Gasteiger partial charge < -0.3 is 19.8 Å². The van der Waals surface area contributed by atoms with Gasteiger partial charge in [0, 0.05) is 42.2 Å². The Balaban J connectivity index is 1.66. The molecule has 1 saturated heterocycles. The first-order valence-electron chi connectivity index (χ1n) is 10.6. The van der Waals surface area contributed by atoms with E-state index < -0.39 is 21.5 Å². The van der Waals surface area contributed by atoms with Gasteiger partial charge in [-0.3, -0.25) is 9.59 Å². The van der Waals surface area contributed by atoms with Crippen LogP contribution in [-0.4, -0.2) is 56.5 Å². The van der Waals surface area contributed by atoms with Gasteiger partial charge in [0.2, 0.25) is 15.6 Å². The number of nitrogens with zero attached hydrogens (tertiary/aromatic N) is 1. The van der Waals surface area contributed by atoms with E-state index in [4.69, 9.17) is 9.47 Å². The van der Waals surface area contributed by atoms with Crippen LogP contribution in [0.4, 0.5) is 0 Å². The maximum Gasteiger partial charge on any atom is 0.252 e. The zero-order chi connectivity index (χ0) is 23.4. The lowest BCUT2D eigenvalue weighted by molar-refractivity contribution is 0.0730. The molecule has 4 rings (SSSR count). The summed E-state index contributed by atoms with van der Waals surface area (Å²) in [7, 11) is -3.76. The van der Waals surface area contributed by atoms with Crippen LogP contribution in [0.15, 0.2) is 58.2 Å². The number of hydrogen-bond acceptors (Lipinski definition) is 6. The second-order valence-corrected chi connectivity index (χ2v) is 9.43.